The molecular weight excluding hydrogens is 456 g/mol. The molecule has 7 rings (SSSR count). The molecule has 0 saturated heterocycles. The number of rotatable bonds is 3. The minimum atomic E-state index is 0.458. The van der Waals surface area contributed by atoms with Crippen LogP contribution >= 0.6 is 11.8 Å². The van der Waals surface area contributed by atoms with Gasteiger partial charge in [0.1, 0.15) is 5.82 Å². The minimum absolute atomic E-state index is 0.458. The third kappa shape index (κ3) is 3.46. The predicted octanol–water partition coefficient (Wildman–Crippen LogP) is 8.74. The molecule has 5 aromatic rings. The summed E-state index contributed by atoms with van der Waals surface area (Å²) in [5.74, 6) is 1.43. The topological polar surface area (TPSA) is 17.8 Å². The molecule has 2 unspecified atom stereocenters. The van der Waals surface area contributed by atoms with Gasteiger partial charge < -0.3 is 0 Å². The third-order valence-corrected chi connectivity index (χ3v) is 8.64. The molecule has 0 saturated carbocycles. The molecule has 0 amide bonds. The Balaban J connectivity index is 1.40. The number of hydrogen-bond acceptors (Lipinski definition) is 2. The van der Waals surface area contributed by atoms with Crippen LogP contribution in [-0.2, 0) is 0 Å². The van der Waals surface area contributed by atoms with Crippen LogP contribution in [0.2, 0.25) is 0 Å². The highest BCUT2D eigenvalue weighted by molar-refractivity contribution is 8.00. The number of allylic oxidation sites excluding steroid dienone is 3. The molecule has 2 heterocycles. The first-order chi connectivity index (χ1) is 17.7. The standard InChI is InChI=1S/C33H26N2S/c1-21-15-16-31-27(17-21)28-19-22(2)18-26(32(28)36-31)23-9-8-10-24(20-23)33-34-29-13-6-7-14-30(29)35(33)25-11-4-3-5-12-25/h3-20,27,31H,1-2H3. The Morgan fingerprint density at radius 1 is 0.806 bits per heavy atom. The second-order valence-electron chi connectivity index (χ2n) is 9.78. The Hall–Kier alpha value is -3.82. The number of hydrogen-bond donors (Lipinski definition) is 0. The molecule has 36 heavy (non-hydrogen) atoms. The highest BCUT2D eigenvalue weighted by atomic mass is 32.2. The summed E-state index contributed by atoms with van der Waals surface area (Å²) in [4.78, 5) is 6.51. The average Bonchev–Trinajstić information content (AvgIpc) is 3.47. The predicted molar refractivity (Wildman–Crippen MR) is 152 cm³/mol. The smallest absolute Gasteiger partial charge is 0.145 e. The molecule has 0 spiro atoms. The summed E-state index contributed by atoms with van der Waals surface area (Å²) in [6.07, 6.45) is 7.08. The lowest BCUT2D eigenvalue weighted by Crippen LogP contribution is -2.08. The van der Waals surface area contributed by atoms with Crippen LogP contribution in [0.25, 0.3) is 39.2 Å². The van der Waals surface area contributed by atoms with Gasteiger partial charge in [0.15, 0.2) is 0 Å². The number of aromatic nitrogens is 2. The SMILES string of the molecule is CC1=CC2c3cc(C)cc(-c4cccc(-c5nc6ccccc6n5-c5ccccc5)c4)c3SC2C=C1. The minimum Gasteiger partial charge on any atom is -0.292 e. The lowest BCUT2D eigenvalue weighted by Gasteiger charge is -2.17. The van der Waals surface area contributed by atoms with Crippen molar-refractivity contribution in [3.8, 4) is 28.2 Å². The number of benzene rings is 4. The molecule has 4 aromatic carbocycles. The summed E-state index contributed by atoms with van der Waals surface area (Å²) in [7, 11) is 0. The number of imidazole rings is 1. The van der Waals surface area contributed by atoms with Crippen LogP contribution in [0.15, 0.2) is 120 Å². The van der Waals surface area contributed by atoms with Crippen LogP contribution in [0.5, 0.6) is 0 Å². The van der Waals surface area contributed by atoms with Gasteiger partial charge in [0.05, 0.1) is 11.0 Å². The molecule has 2 atom stereocenters. The van der Waals surface area contributed by atoms with Gasteiger partial charge in [0.2, 0.25) is 0 Å². The van der Waals surface area contributed by atoms with Crippen LogP contribution in [-0.4, -0.2) is 14.8 Å². The van der Waals surface area contributed by atoms with E-state index in [1.165, 1.54) is 32.7 Å². The zero-order valence-electron chi connectivity index (χ0n) is 20.3. The van der Waals surface area contributed by atoms with Gasteiger partial charge in [-0.05, 0) is 60.9 Å². The van der Waals surface area contributed by atoms with Gasteiger partial charge in [-0.25, -0.2) is 4.98 Å². The molecule has 2 aliphatic rings. The van der Waals surface area contributed by atoms with E-state index in [9.17, 15) is 0 Å². The van der Waals surface area contributed by atoms with E-state index in [4.69, 9.17) is 4.98 Å². The molecule has 0 bridgehead atoms. The molecule has 1 aromatic heterocycles. The van der Waals surface area contributed by atoms with Crippen molar-refractivity contribution < 1.29 is 0 Å². The summed E-state index contributed by atoms with van der Waals surface area (Å²) in [6.45, 7) is 4.42. The molecule has 2 nitrogen and oxygen atoms in total. The average molecular weight is 483 g/mol. The number of fused-ring (bicyclic) bond motifs is 4. The second-order valence-corrected chi connectivity index (χ2v) is 11.0. The number of aryl methyl sites for hydroxylation is 1. The van der Waals surface area contributed by atoms with E-state index in [2.05, 4.69) is 128 Å². The molecule has 0 fully saturated rings. The summed E-state index contributed by atoms with van der Waals surface area (Å²) in [5, 5.41) is 0.481. The van der Waals surface area contributed by atoms with E-state index in [0.717, 1.165) is 28.1 Å². The van der Waals surface area contributed by atoms with Crippen molar-refractivity contribution in [2.45, 2.75) is 29.9 Å². The van der Waals surface area contributed by atoms with E-state index in [1.54, 1.807) is 0 Å². The van der Waals surface area contributed by atoms with Crippen LogP contribution in [0.3, 0.4) is 0 Å². The van der Waals surface area contributed by atoms with Crippen LogP contribution < -0.4 is 0 Å². The highest BCUT2D eigenvalue weighted by Crippen LogP contribution is 2.52. The van der Waals surface area contributed by atoms with Crippen LogP contribution in [0.4, 0.5) is 0 Å². The Morgan fingerprint density at radius 2 is 1.61 bits per heavy atom. The summed E-state index contributed by atoms with van der Waals surface area (Å²) < 4.78 is 2.27. The zero-order valence-corrected chi connectivity index (χ0v) is 21.2. The molecule has 0 radical (unpaired) electrons. The molecule has 1 aliphatic heterocycles. The summed E-state index contributed by atoms with van der Waals surface area (Å²) in [5.41, 5.74) is 11.1. The molecular formula is C33H26N2S. The third-order valence-electron chi connectivity index (χ3n) is 7.23. The highest BCUT2D eigenvalue weighted by Gasteiger charge is 2.34. The van der Waals surface area contributed by atoms with Gasteiger partial charge in [-0.2, -0.15) is 0 Å². The number of para-hydroxylation sites is 3. The van der Waals surface area contributed by atoms with Gasteiger partial charge in [-0.3, -0.25) is 4.57 Å². The fourth-order valence-corrected chi connectivity index (χ4v) is 7.03. The number of nitrogens with zero attached hydrogens (tertiary/aromatic N) is 2. The Morgan fingerprint density at radius 3 is 2.50 bits per heavy atom. The Kier molecular flexibility index (Phi) is 5.00. The Bertz CT molecular complexity index is 1690. The van der Waals surface area contributed by atoms with Crippen molar-refractivity contribution >= 4 is 22.8 Å². The fraction of sp³-hybridized carbons (Fsp3) is 0.121. The monoisotopic (exact) mass is 482 g/mol. The van der Waals surface area contributed by atoms with Crippen LogP contribution in [0, 0.1) is 6.92 Å². The summed E-state index contributed by atoms with van der Waals surface area (Å²) in [6, 6.07) is 32.6. The van der Waals surface area contributed by atoms with E-state index in [1.807, 2.05) is 11.8 Å². The normalized spacial score (nSPS) is 18.2. The number of thioether (sulfide) groups is 1. The van der Waals surface area contributed by atoms with Crippen molar-refractivity contribution in [3.05, 3.63) is 126 Å². The lowest BCUT2D eigenvalue weighted by molar-refractivity contribution is 0.868. The van der Waals surface area contributed by atoms with Crippen molar-refractivity contribution in [2.75, 3.05) is 0 Å². The van der Waals surface area contributed by atoms with Crippen molar-refractivity contribution in [1.82, 2.24) is 9.55 Å². The largest absolute Gasteiger partial charge is 0.292 e. The molecule has 174 valence electrons. The zero-order chi connectivity index (χ0) is 24.2. The van der Waals surface area contributed by atoms with Crippen molar-refractivity contribution in [3.63, 3.8) is 0 Å². The first-order valence-electron chi connectivity index (χ1n) is 12.5. The first-order valence-corrected chi connectivity index (χ1v) is 13.4. The van der Waals surface area contributed by atoms with Gasteiger partial charge >= 0.3 is 0 Å². The van der Waals surface area contributed by atoms with Gasteiger partial charge in [-0.1, -0.05) is 90.0 Å². The van der Waals surface area contributed by atoms with Gasteiger partial charge in [0, 0.05) is 27.3 Å². The maximum absolute atomic E-state index is 5.09. The Labute approximate surface area is 216 Å². The maximum Gasteiger partial charge on any atom is 0.145 e. The quantitative estimate of drug-likeness (QED) is 0.256. The van der Waals surface area contributed by atoms with Gasteiger partial charge in [-0.15, -0.1) is 11.8 Å². The van der Waals surface area contributed by atoms with E-state index < -0.39 is 0 Å². The van der Waals surface area contributed by atoms with Gasteiger partial charge in [0.25, 0.3) is 0 Å². The van der Waals surface area contributed by atoms with E-state index in [0.29, 0.717) is 11.2 Å². The van der Waals surface area contributed by atoms with E-state index in [-0.39, 0.29) is 0 Å². The fourth-order valence-electron chi connectivity index (χ4n) is 5.59. The molecule has 0 N–H and O–H groups in total. The second kappa shape index (κ2) is 8.39. The van der Waals surface area contributed by atoms with Crippen molar-refractivity contribution in [1.29, 1.82) is 0 Å². The van der Waals surface area contributed by atoms with E-state index >= 15 is 0 Å². The van der Waals surface area contributed by atoms with Crippen molar-refractivity contribution in [2.24, 2.45) is 0 Å². The molecule has 1 aliphatic carbocycles. The molecule has 3 heteroatoms. The maximum atomic E-state index is 5.09. The lowest BCUT2D eigenvalue weighted by atomic mass is 9.87. The van der Waals surface area contributed by atoms with Crippen LogP contribution in [0.1, 0.15) is 24.0 Å². The summed E-state index contributed by atoms with van der Waals surface area (Å²) >= 11 is 2.01. The first kappa shape index (κ1) is 21.5.